The third kappa shape index (κ3) is 3.18. The minimum Gasteiger partial charge on any atom is -0.207 e. The lowest BCUT2D eigenvalue weighted by Gasteiger charge is -2.22. The lowest BCUT2D eigenvalue weighted by Crippen LogP contribution is -2.32. The molecule has 1 fully saturated rings. The first-order valence-electron chi connectivity index (χ1n) is 7.13. The van der Waals surface area contributed by atoms with Crippen molar-refractivity contribution in [2.24, 2.45) is 0 Å². The van der Waals surface area contributed by atoms with Crippen LogP contribution in [0.5, 0.6) is 0 Å². The zero-order valence-electron chi connectivity index (χ0n) is 12.2. The van der Waals surface area contributed by atoms with Crippen LogP contribution in [-0.2, 0) is 15.9 Å². The van der Waals surface area contributed by atoms with Gasteiger partial charge in [0.25, 0.3) is 0 Å². The average Bonchev–Trinajstić information content (AvgIpc) is 2.67. The van der Waals surface area contributed by atoms with Gasteiger partial charge in [0, 0.05) is 19.0 Å². The van der Waals surface area contributed by atoms with E-state index in [1.807, 2.05) is 19.9 Å². The molecule has 0 N–H and O–H groups in total. The summed E-state index contributed by atoms with van der Waals surface area (Å²) in [4.78, 5) is 0.417. The number of sulfonamides is 1. The van der Waals surface area contributed by atoms with Gasteiger partial charge in [0.2, 0.25) is 10.0 Å². The number of aryl methyl sites for hydroxylation is 2. The topological polar surface area (TPSA) is 37.4 Å². The highest BCUT2D eigenvalue weighted by Gasteiger charge is 2.27. The van der Waals surface area contributed by atoms with Crippen molar-refractivity contribution in [1.29, 1.82) is 0 Å². The largest absolute Gasteiger partial charge is 0.243 e. The van der Waals surface area contributed by atoms with Crippen molar-refractivity contribution in [1.82, 2.24) is 4.31 Å². The highest BCUT2D eigenvalue weighted by atomic mass is 35.5. The second kappa shape index (κ2) is 6.46. The van der Waals surface area contributed by atoms with Crippen LogP contribution in [0.25, 0.3) is 0 Å². The first-order valence-corrected chi connectivity index (χ1v) is 9.10. The smallest absolute Gasteiger partial charge is 0.207 e. The van der Waals surface area contributed by atoms with Gasteiger partial charge in [0.1, 0.15) is 0 Å². The molecule has 0 spiro atoms. The first-order chi connectivity index (χ1) is 9.46. The first kappa shape index (κ1) is 15.8. The van der Waals surface area contributed by atoms with Gasteiger partial charge in [-0.15, -0.1) is 11.6 Å². The summed E-state index contributed by atoms with van der Waals surface area (Å²) in [5.74, 6) is 0.342. The maximum Gasteiger partial charge on any atom is 0.243 e. The molecule has 0 aromatic heterocycles. The molecule has 112 valence electrons. The van der Waals surface area contributed by atoms with E-state index in [1.165, 1.54) is 0 Å². The van der Waals surface area contributed by atoms with Gasteiger partial charge in [-0.2, -0.15) is 4.31 Å². The van der Waals surface area contributed by atoms with Gasteiger partial charge in [-0.1, -0.05) is 18.9 Å². The summed E-state index contributed by atoms with van der Waals surface area (Å²) in [7, 11) is -3.39. The zero-order valence-corrected chi connectivity index (χ0v) is 13.7. The summed E-state index contributed by atoms with van der Waals surface area (Å²) in [6.45, 7) is 5.08. The number of hydrogen-bond acceptors (Lipinski definition) is 2. The molecule has 0 atom stereocenters. The minimum absolute atomic E-state index is 0.342. The van der Waals surface area contributed by atoms with Crippen LogP contribution in [0.15, 0.2) is 17.0 Å². The van der Waals surface area contributed by atoms with E-state index in [-0.39, 0.29) is 0 Å². The molecule has 0 amide bonds. The Morgan fingerprint density at radius 2 is 1.65 bits per heavy atom. The highest BCUT2D eigenvalue weighted by Crippen LogP contribution is 2.26. The summed E-state index contributed by atoms with van der Waals surface area (Å²) in [6.07, 6.45) is 4.14. The van der Waals surface area contributed by atoms with Crippen molar-refractivity contribution < 1.29 is 8.42 Å². The number of benzene rings is 1. The molecule has 3 nitrogen and oxygen atoms in total. The molecule has 0 radical (unpaired) electrons. The molecule has 2 rings (SSSR count). The molecule has 1 aromatic carbocycles. The number of halogens is 1. The fourth-order valence-corrected chi connectivity index (χ4v) is 4.78. The average molecular weight is 316 g/mol. The Morgan fingerprint density at radius 3 is 2.20 bits per heavy atom. The fourth-order valence-electron chi connectivity index (χ4n) is 2.72. The van der Waals surface area contributed by atoms with Crippen molar-refractivity contribution >= 4 is 21.6 Å². The van der Waals surface area contributed by atoms with Gasteiger partial charge >= 0.3 is 0 Å². The normalized spacial score (nSPS) is 17.9. The standard InChI is InChI=1S/C15H22ClNO2S/c1-12-9-13(2)15(10-14(12)11-16)20(18,19)17-7-5-3-4-6-8-17/h9-10H,3-8,11H2,1-2H3. The molecule has 0 saturated carbocycles. The Kier molecular flexibility index (Phi) is 5.10. The van der Waals surface area contributed by atoms with Crippen molar-refractivity contribution in [3.05, 3.63) is 28.8 Å². The van der Waals surface area contributed by atoms with Gasteiger partial charge in [-0.25, -0.2) is 8.42 Å². The van der Waals surface area contributed by atoms with E-state index in [9.17, 15) is 8.42 Å². The van der Waals surface area contributed by atoms with E-state index >= 15 is 0 Å². The number of hydrogen-bond donors (Lipinski definition) is 0. The van der Waals surface area contributed by atoms with Crippen molar-refractivity contribution in [3.63, 3.8) is 0 Å². The molecule has 0 bridgehead atoms. The summed E-state index contributed by atoms with van der Waals surface area (Å²) < 4.78 is 27.3. The molecule has 20 heavy (non-hydrogen) atoms. The molecular weight excluding hydrogens is 294 g/mol. The Morgan fingerprint density at radius 1 is 1.05 bits per heavy atom. The molecule has 0 unspecified atom stereocenters. The Bertz CT molecular complexity index is 576. The third-order valence-electron chi connectivity index (χ3n) is 3.96. The Labute approximate surface area is 127 Å². The molecule has 1 aliphatic rings. The van der Waals surface area contributed by atoms with E-state index in [0.29, 0.717) is 23.9 Å². The molecule has 1 heterocycles. The zero-order chi connectivity index (χ0) is 14.8. The monoisotopic (exact) mass is 315 g/mol. The van der Waals surface area contributed by atoms with Crippen LogP contribution in [0.2, 0.25) is 0 Å². The SMILES string of the molecule is Cc1cc(C)c(S(=O)(=O)N2CCCCCC2)cc1CCl. The van der Waals surface area contributed by atoms with E-state index in [4.69, 9.17) is 11.6 Å². The van der Waals surface area contributed by atoms with Crippen LogP contribution in [0, 0.1) is 13.8 Å². The van der Waals surface area contributed by atoms with Crippen molar-refractivity contribution in [3.8, 4) is 0 Å². The van der Waals surface area contributed by atoms with Crippen molar-refractivity contribution in [2.45, 2.75) is 50.3 Å². The van der Waals surface area contributed by atoms with Gasteiger partial charge in [-0.05, 0) is 49.4 Å². The molecule has 1 aromatic rings. The van der Waals surface area contributed by atoms with E-state index in [0.717, 1.165) is 42.4 Å². The van der Waals surface area contributed by atoms with Gasteiger partial charge in [0.05, 0.1) is 4.90 Å². The third-order valence-corrected chi connectivity index (χ3v) is 6.29. The fraction of sp³-hybridized carbons (Fsp3) is 0.600. The van der Waals surface area contributed by atoms with Gasteiger partial charge in [-0.3, -0.25) is 0 Å². The van der Waals surface area contributed by atoms with E-state index in [2.05, 4.69) is 0 Å². The maximum absolute atomic E-state index is 12.8. The molecular formula is C15H22ClNO2S. The van der Waals surface area contributed by atoms with Crippen LogP contribution < -0.4 is 0 Å². The van der Waals surface area contributed by atoms with Crippen LogP contribution in [0.1, 0.15) is 42.4 Å². The second-order valence-electron chi connectivity index (χ2n) is 5.50. The van der Waals surface area contributed by atoms with Crippen molar-refractivity contribution in [2.75, 3.05) is 13.1 Å². The van der Waals surface area contributed by atoms with Gasteiger partial charge in [0.15, 0.2) is 0 Å². The summed E-state index contributed by atoms with van der Waals surface area (Å²) in [5.41, 5.74) is 2.75. The molecule has 1 saturated heterocycles. The van der Waals surface area contributed by atoms with Gasteiger partial charge < -0.3 is 0 Å². The number of alkyl halides is 1. The predicted molar refractivity (Wildman–Crippen MR) is 82.7 cm³/mol. The van der Waals surface area contributed by atoms with Crippen LogP contribution in [0.4, 0.5) is 0 Å². The molecule has 0 aliphatic carbocycles. The van der Waals surface area contributed by atoms with Crippen LogP contribution in [-0.4, -0.2) is 25.8 Å². The minimum atomic E-state index is -3.39. The van der Waals surface area contributed by atoms with Crippen LogP contribution in [0.3, 0.4) is 0 Å². The lowest BCUT2D eigenvalue weighted by molar-refractivity contribution is 0.423. The van der Waals surface area contributed by atoms with E-state index in [1.54, 1.807) is 10.4 Å². The number of rotatable bonds is 3. The predicted octanol–water partition coefficient (Wildman–Crippen LogP) is 3.61. The quantitative estimate of drug-likeness (QED) is 0.799. The second-order valence-corrected chi connectivity index (χ2v) is 7.67. The summed E-state index contributed by atoms with van der Waals surface area (Å²) >= 11 is 5.91. The van der Waals surface area contributed by atoms with Crippen LogP contribution >= 0.6 is 11.6 Å². The Hall–Kier alpha value is -0.580. The maximum atomic E-state index is 12.8. The lowest BCUT2D eigenvalue weighted by atomic mass is 10.1. The molecule has 5 heteroatoms. The number of nitrogens with zero attached hydrogens (tertiary/aromatic N) is 1. The highest BCUT2D eigenvalue weighted by molar-refractivity contribution is 7.89. The Balaban J connectivity index is 2.42. The van der Waals surface area contributed by atoms with E-state index < -0.39 is 10.0 Å². The molecule has 1 aliphatic heterocycles. The summed E-state index contributed by atoms with van der Waals surface area (Å²) in [5, 5.41) is 0. The summed E-state index contributed by atoms with van der Waals surface area (Å²) in [6, 6.07) is 3.67.